The van der Waals surface area contributed by atoms with Crippen molar-refractivity contribution in [2.75, 3.05) is 0 Å². The van der Waals surface area contributed by atoms with E-state index >= 15 is 0 Å². The quantitative estimate of drug-likeness (QED) is 0.649. The highest BCUT2D eigenvalue weighted by Crippen LogP contribution is 2.25. The van der Waals surface area contributed by atoms with Crippen molar-refractivity contribution in [3.8, 4) is 0 Å². The zero-order valence-electron chi connectivity index (χ0n) is 12.7. The highest BCUT2D eigenvalue weighted by Gasteiger charge is 2.17. The molecule has 4 nitrogen and oxygen atoms in total. The molecule has 1 atom stereocenters. The van der Waals surface area contributed by atoms with E-state index in [0.717, 1.165) is 17.7 Å². The Morgan fingerprint density at radius 1 is 1.35 bits per heavy atom. The van der Waals surface area contributed by atoms with E-state index in [2.05, 4.69) is 55.6 Å². The summed E-state index contributed by atoms with van der Waals surface area (Å²) in [4.78, 5) is 0. The van der Waals surface area contributed by atoms with Gasteiger partial charge in [0, 0.05) is 18.3 Å². The van der Waals surface area contributed by atoms with Crippen molar-refractivity contribution in [2.24, 2.45) is 18.8 Å². The maximum Gasteiger partial charge on any atom is 0.0743 e. The molecule has 1 aromatic heterocycles. The van der Waals surface area contributed by atoms with Crippen LogP contribution in [0.3, 0.4) is 0 Å². The van der Waals surface area contributed by atoms with E-state index in [9.17, 15) is 0 Å². The molecule has 0 bridgehead atoms. The van der Waals surface area contributed by atoms with Crippen LogP contribution in [0.5, 0.6) is 0 Å². The van der Waals surface area contributed by atoms with E-state index in [1.54, 1.807) is 0 Å². The summed E-state index contributed by atoms with van der Waals surface area (Å²) in [5.74, 6) is 6.43. The minimum Gasteiger partial charge on any atom is -0.273 e. The lowest BCUT2D eigenvalue weighted by Crippen LogP contribution is -2.29. The maximum absolute atomic E-state index is 5.78. The van der Waals surface area contributed by atoms with Gasteiger partial charge >= 0.3 is 0 Å². The zero-order chi connectivity index (χ0) is 14.7. The van der Waals surface area contributed by atoms with Gasteiger partial charge in [-0.05, 0) is 30.4 Å². The van der Waals surface area contributed by atoms with Gasteiger partial charge in [-0.1, -0.05) is 38.1 Å². The summed E-state index contributed by atoms with van der Waals surface area (Å²) >= 11 is 0. The Bertz CT molecular complexity index is 572. The van der Waals surface area contributed by atoms with Gasteiger partial charge in [-0.3, -0.25) is 10.5 Å². The molecular formula is C16H24N4. The number of nitrogens with two attached hydrogens (primary N) is 1. The zero-order valence-corrected chi connectivity index (χ0v) is 12.7. The number of aryl methyl sites for hydroxylation is 1. The summed E-state index contributed by atoms with van der Waals surface area (Å²) in [6, 6.07) is 8.60. The lowest BCUT2D eigenvalue weighted by Gasteiger charge is -2.17. The van der Waals surface area contributed by atoms with Crippen molar-refractivity contribution in [1.82, 2.24) is 15.2 Å². The molecule has 1 heterocycles. The monoisotopic (exact) mass is 272 g/mol. The molecule has 2 rings (SSSR count). The highest BCUT2D eigenvalue weighted by atomic mass is 15.3. The highest BCUT2D eigenvalue weighted by molar-refractivity contribution is 5.35. The Morgan fingerprint density at radius 3 is 2.65 bits per heavy atom. The molecule has 1 aromatic carbocycles. The molecule has 0 saturated heterocycles. The van der Waals surface area contributed by atoms with Crippen molar-refractivity contribution in [3.05, 3.63) is 52.8 Å². The summed E-state index contributed by atoms with van der Waals surface area (Å²) in [7, 11) is 1.95. The summed E-state index contributed by atoms with van der Waals surface area (Å²) < 4.78 is 1.87. The molecule has 0 radical (unpaired) electrons. The lowest BCUT2D eigenvalue weighted by atomic mass is 9.95. The van der Waals surface area contributed by atoms with Gasteiger partial charge in [-0.2, -0.15) is 5.10 Å². The Morgan fingerprint density at radius 2 is 2.10 bits per heavy atom. The van der Waals surface area contributed by atoms with Crippen LogP contribution in [0.25, 0.3) is 0 Å². The topological polar surface area (TPSA) is 55.9 Å². The van der Waals surface area contributed by atoms with Crippen LogP contribution in [-0.2, 0) is 13.5 Å². The average molecular weight is 272 g/mol. The van der Waals surface area contributed by atoms with Gasteiger partial charge in [0.05, 0.1) is 12.2 Å². The molecule has 4 heteroatoms. The molecule has 2 aromatic rings. The third kappa shape index (κ3) is 3.08. The van der Waals surface area contributed by atoms with Gasteiger partial charge in [0.15, 0.2) is 0 Å². The first-order valence-electron chi connectivity index (χ1n) is 7.06. The van der Waals surface area contributed by atoms with Crippen LogP contribution in [0.2, 0.25) is 0 Å². The first kappa shape index (κ1) is 14.8. The van der Waals surface area contributed by atoms with Gasteiger partial charge in [-0.15, -0.1) is 0 Å². The second-order valence-electron chi connectivity index (χ2n) is 5.75. The van der Waals surface area contributed by atoms with Crippen molar-refractivity contribution in [2.45, 2.75) is 33.2 Å². The molecule has 20 heavy (non-hydrogen) atoms. The van der Waals surface area contributed by atoms with Crippen LogP contribution >= 0.6 is 0 Å². The molecule has 0 fully saturated rings. The van der Waals surface area contributed by atoms with Gasteiger partial charge in [0.1, 0.15) is 0 Å². The molecule has 0 saturated carbocycles. The number of benzene rings is 1. The van der Waals surface area contributed by atoms with Crippen molar-refractivity contribution in [3.63, 3.8) is 0 Å². The van der Waals surface area contributed by atoms with E-state index in [1.807, 2.05) is 17.9 Å². The normalized spacial score (nSPS) is 12.9. The molecule has 0 aliphatic heterocycles. The molecular weight excluding hydrogens is 248 g/mol. The van der Waals surface area contributed by atoms with Gasteiger partial charge in [0.25, 0.3) is 0 Å². The SMILES string of the molecule is Cc1c(C(NN)c2cccc(CC(C)C)c2)cnn1C. The van der Waals surface area contributed by atoms with Crippen molar-refractivity contribution in [1.29, 1.82) is 0 Å². The molecule has 0 aliphatic carbocycles. The van der Waals surface area contributed by atoms with E-state index in [0.29, 0.717) is 5.92 Å². The molecule has 0 spiro atoms. The third-order valence-electron chi connectivity index (χ3n) is 3.68. The molecule has 0 aliphatic rings. The number of rotatable bonds is 5. The van der Waals surface area contributed by atoms with Gasteiger partial charge < -0.3 is 0 Å². The third-order valence-corrected chi connectivity index (χ3v) is 3.68. The Kier molecular flexibility index (Phi) is 4.57. The number of nitrogens with zero attached hydrogens (tertiary/aromatic N) is 2. The number of hydrogen-bond donors (Lipinski definition) is 2. The smallest absolute Gasteiger partial charge is 0.0743 e. The van der Waals surface area contributed by atoms with Crippen LogP contribution in [0, 0.1) is 12.8 Å². The number of aromatic nitrogens is 2. The average Bonchev–Trinajstić information content (AvgIpc) is 2.72. The fourth-order valence-corrected chi connectivity index (χ4v) is 2.54. The maximum atomic E-state index is 5.78. The van der Waals surface area contributed by atoms with Crippen LogP contribution in [0.15, 0.2) is 30.5 Å². The number of hydrogen-bond acceptors (Lipinski definition) is 3. The second-order valence-corrected chi connectivity index (χ2v) is 5.75. The minimum absolute atomic E-state index is 0.0178. The Balaban J connectivity index is 2.34. The number of hydrazine groups is 1. The van der Waals surface area contributed by atoms with Crippen LogP contribution in [0.4, 0.5) is 0 Å². The first-order valence-corrected chi connectivity index (χ1v) is 7.06. The molecule has 1 unspecified atom stereocenters. The Labute approximate surface area is 121 Å². The summed E-state index contributed by atoms with van der Waals surface area (Å²) in [6.07, 6.45) is 2.96. The van der Waals surface area contributed by atoms with E-state index in [4.69, 9.17) is 5.84 Å². The fraction of sp³-hybridized carbons (Fsp3) is 0.438. The molecule has 3 N–H and O–H groups in total. The largest absolute Gasteiger partial charge is 0.273 e. The predicted octanol–water partition coefficient (Wildman–Crippen LogP) is 2.48. The van der Waals surface area contributed by atoms with Crippen LogP contribution < -0.4 is 11.3 Å². The van der Waals surface area contributed by atoms with Crippen molar-refractivity contribution >= 4 is 0 Å². The summed E-state index contributed by atoms with van der Waals surface area (Å²) in [6.45, 7) is 6.53. The van der Waals surface area contributed by atoms with E-state index in [-0.39, 0.29) is 6.04 Å². The standard InChI is InChI=1S/C16H24N4/c1-11(2)8-13-6-5-7-14(9-13)16(19-17)15-10-18-20(4)12(15)3/h5-7,9-11,16,19H,8,17H2,1-4H3. The number of nitrogens with one attached hydrogen (secondary N) is 1. The van der Waals surface area contributed by atoms with Crippen LogP contribution in [-0.4, -0.2) is 9.78 Å². The van der Waals surface area contributed by atoms with E-state index < -0.39 is 0 Å². The Hall–Kier alpha value is -1.65. The minimum atomic E-state index is -0.0178. The van der Waals surface area contributed by atoms with Crippen LogP contribution in [0.1, 0.15) is 42.3 Å². The van der Waals surface area contributed by atoms with Gasteiger partial charge in [-0.25, -0.2) is 5.43 Å². The fourth-order valence-electron chi connectivity index (χ4n) is 2.54. The summed E-state index contributed by atoms with van der Waals surface area (Å²) in [5.41, 5.74) is 7.69. The molecule has 108 valence electrons. The predicted molar refractivity (Wildman–Crippen MR) is 82.1 cm³/mol. The molecule has 0 amide bonds. The van der Waals surface area contributed by atoms with Gasteiger partial charge in [0.2, 0.25) is 0 Å². The second kappa shape index (κ2) is 6.20. The van der Waals surface area contributed by atoms with Crippen molar-refractivity contribution < 1.29 is 0 Å². The first-order chi connectivity index (χ1) is 9.52. The summed E-state index contributed by atoms with van der Waals surface area (Å²) in [5, 5.41) is 4.30. The lowest BCUT2D eigenvalue weighted by molar-refractivity contribution is 0.623. The van der Waals surface area contributed by atoms with E-state index in [1.165, 1.54) is 11.1 Å².